The molecule has 96 valence electrons. The molecule has 0 radical (unpaired) electrons. The summed E-state index contributed by atoms with van der Waals surface area (Å²) in [5, 5.41) is 10.8. The third kappa shape index (κ3) is 4.12. The van der Waals surface area contributed by atoms with Gasteiger partial charge in [-0.1, -0.05) is 39.8 Å². The van der Waals surface area contributed by atoms with Crippen LogP contribution in [0.1, 0.15) is 46.1 Å². The van der Waals surface area contributed by atoms with Gasteiger partial charge in [-0.05, 0) is 42.4 Å². The lowest BCUT2D eigenvalue weighted by molar-refractivity contribution is -0.00475. The van der Waals surface area contributed by atoms with E-state index < -0.39 is 5.60 Å². The van der Waals surface area contributed by atoms with Crippen LogP contribution >= 0.6 is 0 Å². The van der Waals surface area contributed by atoms with Gasteiger partial charge in [0.05, 0.1) is 5.60 Å². The van der Waals surface area contributed by atoms with Gasteiger partial charge >= 0.3 is 0 Å². The number of aliphatic hydroxyl groups is 1. The molecule has 0 aliphatic carbocycles. The normalized spacial score (nSPS) is 12.5. The summed E-state index contributed by atoms with van der Waals surface area (Å²) in [6, 6.07) is 6.34. The average molecular weight is 238 g/mol. The van der Waals surface area contributed by atoms with Gasteiger partial charge in [-0.3, -0.25) is 0 Å². The summed E-state index contributed by atoms with van der Waals surface area (Å²) in [4.78, 5) is 0. The van der Waals surface area contributed by atoms with Crippen LogP contribution in [0.5, 0.6) is 0 Å². The molecule has 2 heteroatoms. The lowest BCUT2D eigenvalue weighted by atomic mass is 9.80. The van der Waals surface area contributed by atoms with E-state index in [0.29, 0.717) is 30.2 Å². The van der Waals surface area contributed by atoms with E-state index in [-0.39, 0.29) is 5.82 Å². The highest BCUT2D eigenvalue weighted by Gasteiger charge is 2.31. The molecular weight excluding hydrogens is 215 g/mol. The van der Waals surface area contributed by atoms with Crippen LogP contribution in [0, 0.1) is 17.7 Å². The van der Waals surface area contributed by atoms with Gasteiger partial charge in [-0.25, -0.2) is 4.39 Å². The summed E-state index contributed by atoms with van der Waals surface area (Å²) in [6.07, 6.45) is 1.32. The van der Waals surface area contributed by atoms with Crippen LogP contribution in [0.2, 0.25) is 0 Å². The fourth-order valence-electron chi connectivity index (χ4n) is 2.45. The van der Waals surface area contributed by atoms with Gasteiger partial charge < -0.3 is 5.11 Å². The van der Waals surface area contributed by atoms with Gasteiger partial charge in [-0.15, -0.1) is 0 Å². The van der Waals surface area contributed by atoms with E-state index in [9.17, 15) is 9.50 Å². The Morgan fingerprint density at radius 2 is 1.65 bits per heavy atom. The van der Waals surface area contributed by atoms with E-state index in [1.165, 1.54) is 12.1 Å². The molecule has 0 aliphatic heterocycles. The second-order valence-corrected chi connectivity index (χ2v) is 5.74. The summed E-state index contributed by atoms with van der Waals surface area (Å²) >= 11 is 0. The maximum atomic E-state index is 13.3. The average Bonchev–Trinajstić information content (AvgIpc) is 2.14. The molecule has 0 amide bonds. The van der Waals surface area contributed by atoms with E-state index in [2.05, 4.69) is 27.7 Å². The van der Waals surface area contributed by atoms with Crippen LogP contribution in [0.4, 0.5) is 4.39 Å². The third-order valence-corrected chi connectivity index (χ3v) is 2.85. The predicted molar refractivity (Wildman–Crippen MR) is 69.2 cm³/mol. The second kappa shape index (κ2) is 5.63. The van der Waals surface area contributed by atoms with Gasteiger partial charge in [0, 0.05) is 0 Å². The van der Waals surface area contributed by atoms with Crippen molar-refractivity contribution in [3.8, 4) is 0 Å². The number of benzene rings is 1. The van der Waals surface area contributed by atoms with E-state index in [1.54, 1.807) is 6.07 Å². The quantitative estimate of drug-likeness (QED) is 0.818. The Morgan fingerprint density at radius 3 is 2.06 bits per heavy atom. The largest absolute Gasteiger partial charge is 0.385 e. The van der Waals surface area contributed by atoms with Crippen molar-refractivity contribution in [3.63, 3.8) is 0 Å². The number of halogens is 1. The smallest absolute Gasteiger partial charge is 0.123 e. The summed E-state index contributed by atoms with van der Waals surface area (Å²) < 4.78 is 13.3. The standard InChI is InChI=1S/C15H23FO/c1-11(2)9-15(17,10-12(3)4)13-6-5-7-14(16)8-13/h5-8,11-12,17H,9-10H2,1-4H3. The van der Waals surface area contributed by atoms with Crippen molar-refractivity contribution < 1.29 is 9.50 Å². The van der Waals surface area contributed by atoms with E-state index in [4.69, 9.17) is 0 Å². The van der Waals surface area contributed by atoms with Crippen LogP contribution in [0.15, 0.2) is 24.3 Å². The molecule has 0 aromatic heterocycles. The fourth-order valence-corrected chi connectivity index (χ4v) is 2.45. The lowest BCUT2D eigenvalue weighted by Crippen LogP contribution is -2.29. The van der Waals surface area contributed by atoms with Crippen molar-refractivity contribution in [1.82, 2.24) is 0 Å². The number of hydrogen-bond donors (Lipinski definition) is 1. The lowest BCUT2D eigenvalue weighted by Gasteiger charge is -2.32. The first kappa shape index (κ1) is 14.2. The molecule has 0 spiro atoms. The number of hydrogen-bond acceptors (Lipinski definition) is 1. The van der Waals surface area contributed by atoms with Crippen molar-refractivity contribution >= 4 is 0 Å². The van der Waals surface area contributed by atoms with Gasteiger partial charge in [0.2, 0.25) is 0 Å². The summed E-state index contributed by atoms with van der Waals surface area (Å²) in [5.74, 6) is 0.470. The maximum Gasteiger partial charge on any atom is 0.123 e. The summed E-state index contributed by atoms with van der Waals surface area (Å²) in [7, 11) is 0. The molecule has 0 bridgehead atoms. The first-order chi connectivity index (χ1) is 7.83. The Labute approximate surface area is 104 Å². The van der Waals surface area contributed by atoms with Crippen molar-refractivity contribution in [1.29, 1.82) is 0 Å². The molecule has 1 N–H and O–H groups in total. The monoisotopic (exact) mass is 238 g/mol. The minimum absolute atomic E-state index is 0.284. The predicted octanol–water partition coefficient (Wildman–Crippen LogP) is 4.11. The van der Waals surface area contributed by atoms with Crippen molar-refractivity contribution in [2.45, 2.75) is 46.1 Å². The molecule has 1 rings (SSSR count). The Bertz CT molecular complexity index is 348. The van der Waals surface area contributed by atoms with E-state index >= 15 is 0 Å². The van der Waals surface area contributed by atoms with E-state index in [1.807, 2.05) is 6.07 Å². The van der Waals surface area contributed by atoms with Crippen LogP contribution < -0.4 is 0 Å². The topological polar surface area (TPSA) is 20.2 Å². The van der Waals surface area contributed by atoms with Crippen molar-refractivity contribution in [2.75, 3.05) is 0 Å². The maximum absolute atomic E-state index is 13.3. The van der Waals surface area contributed by atoms with Crippen LogP contribution in [0.3, 0.4) is 0 Å². The van der Waals surface area contributed by atoms with Gasteiger partial charge in [0.1, 0.15) is 5.82 Å². The van der Waals surface area contributed by atoms with Crippen LogP contribution in [-0.2, 0) is 5.60 Å². The highest BCUT2D eigenvalue weighted by Crippen LogP contribution is 2.34. The number of rotatable bonds is 5. The first-order valence-corrected chi connectivity index (χ1v) is 6.32. The summed E-state index contributed by atoms with van der Waals surface area (Å²) in [5.41, 5.74) is -0.218. The zero-order chi connectivity index (χ0) is 13.1. The minimum Gasteiger partial charge on any atom is -0.385 e. The molecule has 0 heterocycles. The SMILES string of the molecule is CC(C)CC(O)(CC(C)C)c1cccc(F)c1. The van der Waals surface area contributed by atoms with Crippen molar-refractivity contribution in [2.24, 2.45) is 11.8 Å². The Hall–Kier alpha value is -0.890. The Balaban J connectivity index is 3.04. The Morgan fingerprint density at radius 1 is 1.12 bits per heavy atom. The fraction of sp³-hybridized carbons (Fsp3) is 0.600. The second-order valence-electron chi connectivity index (χ2n) is 5.74. The molecule has 0 unspecified atom stereocenters. The minimum atomic E-state index is -0.912. The molecule has 0 aliphatic rings. The van der Waals surface area contributed by atoms with E-state index in [0.717, 1.165) is 0 Å². The van der Waals surface area contributed by atoms with Crippen LogP contribution in [0.25, 0.3) is 0 Å². The van der Waals surface area contributed by atoms with Gasteiger partial charge in [0.15, 0.2) is 0 Å². The third-order valence-electron chi connectivity index (χ3n) is 2.85. The molecule has 0 atom stereocenters. The van der Waals surface area contributed by atoms with Crippen LogP contribution in [-0.4, -0.2) is 5.11 Å². The molecule has 0 saturated carbocycles. The Kier molecular flexibility index (Phi) is 4.70. The zero-order valence-electron chi connectivity index (χ0n) is 11.2. The molecule has 1 aromatic rings. The first-order valence-electron chi connectivity index (χ1n) is 6.32. The molecule has 0 saturated heterocycles. The summed E-state index contributed by atoms with van der Waals surface area (Å²) in [6.45, 7) is 8.30. The molecule has 1 aromatic carbocycles. The molecule has 17 heavy (non-hydrogen) atoms. The highest BCUT2D eigenvalue weighted by molar-refractivity contribution is 5.23. The van der Waals surface area contributed by atoms with Gasteiger partial charge in [-0.2, -0.15) is 0 Å². The zero-order valence-corrected chi connectivity index (χ0v) is 11.2. The molecular formula is C15H23FO. The molecule has 1 nitrogen and oxygen atoms in total. The highest BCUT2D eigenvalue weighted by atomic mass is 19.1. The van der Waals surface area contributed by atoms with Crippen molar-refractivity contribution in [3.05, 3.63) is 35.6 Å². The van der Waals surface area contributed by atoms with Gasteiger partial charge in [0.25, 0.3) is 0 Å². The molecule has 0 fully saturated rings.